The van der Waals surface area contributed by atoms with Crippen LogP contribution < -0.4 is 10.1 Å². The molecule has 1 amide bonds. The van der Waals surface area contributed by atoms with Gasteiger partial charge in [-0.25, -0.2) is 0 Å². The third-order valence-corrected chi connectivity index (χ3v) is 7.27. The van der Waals surface area contributed by atoms with Crippen LogP contribution >= 0.6 is 11.3 Å². The number of aliphatic carboxylic acids is 1. The standard InChI is InChI=1S/C23H29N3O4S/c27-21(24-23-26-25-20(31-23)14-5-15-3-1-2-4-15)16-6-10-18(11-7-16)30-19-12-8-17(9-13-19)22(28)29/h6-7,10-11,15,17,19H,1-5,8-9,12-14H2,(H,28,29)(H,24,26,27)/t17-,19+. The molecule has 2 fully saturated rings. The first kappa shape index (κ1) is 21.7. The Kier molecular flexibility index (Phi) is 7.17. The molecule has 0 unspecified atom stereocenters. The first-order valence-corrected chi connectivity index (χ1v) is 12.0. The summed E-state index contributed by atoms with van der Waals surface area (Å²) in [6.45, 7) is 0. The van der Waals surface area contributed by atoms with Gasteiger partial charge in [-0.05, 0) is 62.3 Å². The fraction of sp³-hybridized carbons (Fsp3) is 0.565. The first-order valence-electron chi connectivity index (χ1n) is 11.2. The molecule has 2 aliphatic rings. The summed E-state index contributed by atoms with van der Waals surface area (Å²) in [4.78, 5) is 23.6. The van der Waals surface area contributed by atoms with Crippen molar-refractivity contribution in [1.29, 1.82) is 0 Å². The highest BCUT2D eigenvalue weighted by atomic mass is 32.1. The summed E-state index contributed by atoms with van der Waals surface area (Å²) >= 11 is 1.45. The van der Waals surface area contributed by atoms with Gasteiger partial charge in [0.2, 0.25) is 5.13 Å². The maximum absolute atomic E-state index is 12.5. The molecule has 2 aliphatic carbocycles. The number of nitrogens with zero attached hydrogens (tertiary/aromatic N) is 2. The summed E-state index contributed by atoms with van der Waals surface area (Å²) in [5, 5.41) is 21.8. The van der Waals surface area contributed by atoms with Crippen LogP contribution in [0.25, 0.3) is 0 Å². The molecule has 0 bridgehead atoms. The van der Waals surface area contributed by atoms with Crippen molar-refractivity contribution in [3.8, 4) is 5.75 Å². The van der Waals surface area contributed by atoms with Gasteiger partial charge in [-0.1, -0.05) is 37.0 Å². The molecule has 1 aromatic carbocycles. The molecule has 8 heteroatoms. The van der Waals surface area contributed by atoms with Gasteiger partial charge in [-0.15, -0.1) is 10.2 Å². The Morgan fingerprint density at radius 3 is 2.42 bits per heavy atom. The molecule has 0 spiro atoms. The molecule has 0 saturated heterocycles. The van der Waals surface area contributed by atoms with Crippen LogP contribution in [0, 0.1) is 11.8 Å². The second-order valence-electron chi connectivity index (χ2n) is 8.60. The molecule has 0 aliphatic heterocycles. The van der Waals surface area contributed by atoms with Gasteiger partial charge >= 0.3 is 5.97 Å². The number of carbonyl (C=O) groups is 2. The summed E-state index contributed by atoms with van der Waals surface area (Å²) in [5.74, 6) is 0.321. The second kappa shape index (κ2) is 10.2. The largest absolute Gasteiger partial charge is 0.490 e. The average molecular weight is 444 g/mol. The minimum absolute atomic E-state index is 0.0272. The van der Waals surface area contributed by atoms with E-state index in [-0.39, 0.29) is 17.9 Å². The highest BCUT2D eigenvalue weighted by molar-refractivity contribution is 7.15. The summed E-state index contributed by atoms with van der Waals surface area (Å²) in [6, 6.07) is 7.03. The van der Waals surface area contributed by atoms with Crippen LogP contribution in [0.2, 0.25) is 0 Å². The zero-order chi connectivity index (χ0) is 21.6. The Morgan fingerprint density at radius 2 is 1.74 bits per heavy atom. The molecule has 31 heavy (non-hydrogen) atoms. The van der Waals surface area contributed by atoms with Gasteiger partial charge in [-0.3, -0.25) is 14.9 Å². The van der Waals surface area contributed by atoms with E-state index in [1.165, 1.54) is 37.0 Å². The Labute approximate surface area is 186 Å². The van der Waals surface area contributed by atoms with Crippen molar-refractivity contribution in [3.05, 3.63) is 34.8 Å². The molecule has 0 radical (unpaired) electrons. The number of anilines is 1. The molecule has 2 aromatic rings. The molecule has 4 rings (SSSR count). The zero-order valence-corrected chi connectivity index (χ0v) is 18.4. The third-order valence-electron chi connectivity index (χ3n) is 6.37. The van der Waals surface area contributed by atoms with Crippen LogP contribution in [0.5, 0.6) is 5.75 Å². The summed E-state index contributed by atoms with van der Waals surface area (Å²) in [5.41, 5.74) is 0.532. The van der Waals surface area contributed by atoms with Crippen LogP contribution in [0.15, 0.2) is 24.3 Å². The van der Waals surface area contributed by atoms with Crippen LogP contribution in [-0.4, -0.2) is 33.3 Å². The average Bonchev–Trinajstić information content (AvgIpc) is 3.45. The van der Waals surface area contributed by atoms with Crippen molar-refractivity contribution in [3.63, 3.8) is 0 Å². The van der Waals surface area contributed by atoms with E-state index in [0.717, 1.165) is 36.6 Å². The minimum atomic E-state index is -0.717. The lowest BCUT2D eigenvalue weighted by molar-refractivity contribution is -0.143. The SMILES string of the molecule is O=C(Nc1nnc(CCC2CCCC2)s1)c1ccc(O[C@H]2CC[C@@H](C(=O)O)CC2)cc1. The van der Waals surface area contributed by atoms with Crippen molar-refractivity contribution in [2.24, 2.45) is 11.8 Å². The quantitative estimate of drug-likeness (QED) is 0.599. The van der Waals surface area contributed by atoms with Gasteiger partial charge in [0.05, 0.1) is 12.0 Å². The lowest BCUT2D eigenvalue weighted by Crippen LogP contribution is -2.27. The second-order valence-corrected chi connectivity index (χ2v) is 9.66. The number of carboxylic acid groups (broad SMARTS) is 1. The maximum Gasteiger partial charge on any atom is 0.306 e. The monoisotopic (exact) mass is 443 g/mol. The van der Waals surface area contributed by atoms with Gasteiger partial charge in [0.25, 0.3) is 5.91 Å². The number of aromatic nitrogens is 2. The zero-order valence-electron chi connectivity index (χ0n) is 17.6. The highest BCUT2D eigenvalue weighted by Gasteiger charge is 2.27. The third kappa shape index (κ3) is 6.03. The number of nitrogens with one attached hydrogen (secondary N) is 1. The fourth-order valence-corrected chi connectivity index (χ4v) is 5.26. The number of carbonyl (C=O) groups excluding carboxylic acids is 1. The molecule has 2 saturated carbocycles. The molecule has 0 atom stereocenters. The number of amides is 1. The van der Waals surface area contributed by atoms with E-state index >= 15 is 0 Å². The maximum atomic E-state index is 12.5. The van der Waals surface area contributed by atoms with Crippen LogP contribution in [-0.2, 0) is 11.2 Å². The predicted molar refractivity (Wildman–Crippen MR) is 119 cm³/mol. The summed E-state index contributed by atoms with van der Waals surface area (Å²) in [6.07, 6.45) is 10.2. The number of benzene rings is 1. The van der Waals surface area contributed by atoms with Crippen LogP contribution in [0.1, 0.15) is 73.2 Å². The van der Waals surface area contributed by atoms with Crippen molar-refractivity contribution in [2.45, 2.75) is 70.3 Å². The summed E-state index contributed by atoms with van der Waals surface area (Å²) < 4.78 is 5.96. The van der Waals surface area contributed by atoms with Gasteiger partial charge in [0, 0.05) is 12.0 Å². The lowest BCUT2D eigenvalue weighted by atomic mass is 9.87. The topological polar surface area (TPSA) is 101 Å². The molecular formula is C23H29N3O4S. The van der Waals surface area contributed by atoms with E-state index in [1.54, 1.807) is 24.3 Å². The number of ether oxygens (including phenoxy) is 1. The Balaban J connectivity index is 1.24. The van der Waals surface area contributed by atoms with Crippen molar-refractivity contribution in [1.82, 2.24) is 10.2 Å². The van der Waals surface area contributed by atoms with E-state index < -0.39 is 5.97 Å². The minimum Gasteiger partial charge on any atom is -0.490 e. The fourth-order valence-electron chi connectivity index (χ4n) is 4.51. The van der Waals surface area contributed by atoms with Gasteiger partial charge in [0.15, 0.2) is 0 Å². The number of hydrogen-bond donors (Lipinski definition) is 2. The molecule has 1 aromatic heterocycles. The van der Waals surface area contributed by atoms with E-state index in [9.17, 15) is 9.59 Å². The van der Waals surface area contributed by atoms with Crippen LogP contribution in [0.3, 0.4) is 0 Å². The Hall–Kier alpha value is -2.48. The Morgan fingerprint density at radius 1 is 1.03 bits per heavy atom. The Bertz CT molecular complexity index is 884. The lowest BCUT2D eigenvalue weighted by Gasteiger charge is -2.26. The predicted octanol–water partition coefficient (Wildman–Crippen LogP) is 4.94. The van der Waals surface area contributed by atoms with Crippen molar-refractivity contribution < 1.29 is 19.4 Å². The van der Waals surface area contributed by atoms with E-state index in [2.05, 4.69) is 15.5 Å². The van der Waals surface area contributed by atoms with Crippen molar-refractivity contribution >= 4 is 28.3 Å². The molecule has 166 valence electrons. The van der Waals surface area contributed by atoms with Crippen molar-refractivity contribution in [2.75, 3.05) is 5.32 Å². The highest BCUT2D eigenvalue weighted by Crippen LogP contribution is 2.30. The number of carboxylic acids is 1. The van der Waals surface area contributed by atoms with Gasteiger partial charge < -0.3 is 9.84 Å². The summed E-state index contributed by atoms with van der Waals surface area (Å²) in [7, 11) is 0. The van der Waals surface area contributed by atoms with Crippen LogP contribution in [0.4, 0.5) is 5.13 Å². The molecule has 7 nitrogen and oxygen atoms in total. The number of aryl methyl sites for hydroxylation is 1. The van der Waals surface area contributed by atoms with E-state index in [0.29, 0.717) is 29.3 Å². The smallest absolute Gasteiger partial charge is 0.306 e. The normalized spacial score (nSPS) is 21.7. The van der Waals surface area contributed by atoms with E-state index in [1.807, 2.05) is 0 Å². The molecule has 1 heterocycles. The molecule has 2 N–H and O–H groups in total. The van der Waals surface area contributed by atoms with Gasteiger partial charge in [-0.2, -0.15) is 0 Å². The first-order chi connectivity index (χ1) is 15.1. The number of rotatable bonds is 8. The number of hydrogen-bond acceptors (Lipinski definition) is 6. The molecular weight excluding hydrogens is 414 g/mol. The van der Waals surface area contributed by atoms with Gasteiger partial charge in [0.1, 0.15) is 10.8 Å². The van der Waals surface area contributed by atoms with E-state index in [4.69, 9.17) is 9.84 Å².